The van der Waals surface area contributed by atoms with Gasteiger partial charge in [0.05, 0.1) is 28.2 Å². The van der Waals surface area contributed by atoms with E-state index in [4.69, 9.17) is 0 Å². The minimum atomic E-state index is 0. The maximum atomic E-state index is 2.25. The molecule has 0 aliphatic carbocycles. The fourth-order valence-corrected chi connectivity index (χ4v) is 0. The summed E-state index contributed by atoms with van der Waals surface area (Å²) in [6, 6.07) is 0. The molecule has 0 aliphatic heterocycles. The van der Waals surface area contributed by atoms with E-state index in [2.05, 4.69) is 55.5 Å². The quantitative estimate of drug-likeness (QED) is 0.362. The maximum absolute atomic E-state index is 2.25. The third kappa shape index (κ3) is 637000. The zero-order valence-corrected chi connectivity index (χ0v) is 9.02. The number of nitrogens with zero attached hydrogens (tertiary/aromatic N) is 1. The highest BCUT2D eigenvalue weighted by Gasteiger charge is 1.90. The Morgan fingerprint density at radius 1 is 0.700 bits per heavy atom. The Kier molecular flexibility index (Phi) is 5.10. The normalized spacial score (nSPS) is 12.0. The number of hydrogen-bond acceptors (Lipinski definition) is 0. The Morgan fingerprint density at radius 3 is 0.700 bits per heavy atom. The van der Waals surface area contributed by atoms with E-state index in [-0.39, 0.29) is 6.15 Å². The molecule has 0 saturated carbocycles. The fraction of sp³-hybridized carbons (Fsp3) is 1.00. The van der Waals surface area contributed by atoms with Crippen LogP contribution in [0.2, 0.25) is 27.3 Å². The van der Waals surface area contributed by atoms with Crippen LogP contribution in [0.4, 0.5) is 0 Å². The maximum Gasteiger partial charge on any atom is 0.0675 e. The summed E-state index contributed by atoms with van der Waals surface area (Å²) in [5, 5.41) is 0. The van der Waals surface area contributed by atoms with Crippen molar-refractivity contribution in [3.8, 4) is 0 Å². The van der Waals surface area contributed by atoms with Gasteiger partial charge in [-0.1, -0.05) is 0 Å². The van der Waals surface area contributed by atoms with E-state index >= 15 is 0 Å². The van der Waals surface area contributed by atoms with Gasteiger partial charge < -0.3 is 4.48 Å². The lowest BCUT2D eigenvalue weighted by Gasteiger charge is -2.14. The van der Waals surface area contributed by atoms with Gasteiger partial charge >= 0.3 is 0 Å². The summed E-state index contributed by atoms with van der Waals surface area (Å²) >= 11 is 0. The van der Waals surface area contributed by atoms with Crippen LogP contribution < -0.4 is 0 Å². The zero-order valence-electron chi connectivity index (χ0n) is 9.02. The standard InChI is InChI=1S/C4H12B.C4H12N/c2*1-5(2,3)4/h2*1-4H3/q-1;+1. The second kappa shape index (κ2) is 4.02. The molecule has 0 spiro atoms. The SMILES string of the molecule is C[B-](C)(C)C.C[N+](C)(C)C. The molecule has 0 aromatic rings. The van der Waals surface area contributed by atoms with Crippen LogP contribution in [0, 0.1) is 0 Å². The largest absolute Gasteiger partial charge is 0.333 e. The summed E-state index contributed by atoms with van der Waals surface area (Å²) in [6.07, 6.45) is 0. The average molecular weight is 145 g/mol. The molecule has 0 aromatic heterocycles. The molecular formula is C8H24BN. The van der Waals surface area contributed by atoms with Crippen molar-refractivity contribution >= 4 is 6.15 Å². The van der Waals surface area contributed by atoms with E-state index < -0.39 is 0 Å². The molecule has 0 atom stereocenters. The third-order valence-electron chi connectivity index (χ3n) is 0. The molecule has 0 saturated heterocycles. The Balaban J connectivity index is 0. The molecule has 0 unspecified atom stereocenters. The topological polar surface area (TPSA) is 0 Å². The summed E-state index contributed by atoms with van der Waals surface area (Å²) in [4.78, 5) is 0. The van der Waals surface area contributed by atoms with Gasteiger partial charge in [-0.15, -0.1) is 0 Å². The minimum Gasteiger partial charge on any atom is -0.333 e. The summed E-state index contributed by atoms with van der Waals surface area (Å²) in [7, 11) is 8.50. The van der Waals surface area contributed by atoms with Gasteiger partial charge in [-0.25, -0.2) is 0 Å². The lowest BCUT2D eigenvalue weighted by atomic mass is 9.32. The highest BCUT2D eigenvalue weighted by Crippen LogP contribution is 1.94. The van der Waals surface area contributed by atoms with Crippen LogP contribution >= 0.6 is 0 Å². The van der Waals surface area contributed by atoms with Gasteiger partial charge in [-0.05, 0) is 6.15 Å². The number of hydrogen-bond donors (Lipinski definition) is 0. The summed E-state index contributed by atoms with van der Waals surface area (Å²) < 4.78 is 1.00. The smallest absolute Gasteiger partial charge is 0.0675 e. The Bertz CT molecular complexity index is 52.2. The first-order chi connectivity index (χ1) is 4.00. The van der Waals surface area contributed by atoms with Crippen molar-refractivity contribution in [2.45, 2.75) is 27.3 Å². The molecule has 0 radical (unpaired) electrons. The summed E-state index contributed by atoms with van der Waals surface area (Å²) in [5.74, 6) is 0. The van der Waals surface area contributed by atoms with Crippen LogP contribution in [-0.4, -0.2) is 38.8 Å². The predicted octanol–water partition coefficient (Wildman–Crippen LogP) is 2.28. The highest BCUT2D eigenvalue weighted by molar-refractivity contribution is 6.74. The van der Waals surface area contributed by atoms with Crippen LogP contribution in [0.1, 0.15) is 0 Å². The third-order valence-corrected chi connectivity index (χ3v) is 0. The molecule has 0 rings (SSSR count). The van der Waals surface area contributed by atoms with E-state index in [0.29, 0.717) is 0 Å². The average Bonchev–Trinajstić information content (AvgIpc) is 1.12. The molecular weight excluding hydrogens is 121 g/mol. The second-order valence-corrected chi connectivity index (χ2v) is 6.15. The van der Waals surface area contributed by atoms with Gasteiger partial charge in [-0.2, -0.15) is 27.3 Å². The van der Waals surface area contributed by atoms with Gasteiger partial charge in [0.2, 0.25) is 0 Å². The summed E-state index contributed by atoms with van der Waals surface area (Å²) in [5.41, 5.74) is 0. The van der Waals surface area contributed by atoms with Gasteiger partial charge in [0.1, 0.15) is 0 Å². The van der Waals surface area contributed by atoms with Gasteiger partial charge in [0.15, 0.2) is 0 Å². The Labute approximate surface area is 66.9 Å². The Morgan fingerprint density at radius 2 is 0.700 bits per heavy atom. The zero-order chi connectivity index (χ0) is 9.00. The molecule has 2 heteroatoms. The van der Waals surface area contributed by atoms with Crippen LogP contribution in [0.3, 0.4) is 0 Å². The molecule has 0 aromatic carbocycles. The molecule has 0 amide bonds. The first-order valence-electron chi connectivity index (χ1n) is 4.10. The molecule has 1 nitrogen and oxygen atoms in total. The second-order valence-electron chi connectivity index (χ2n) is 6.15. The number of rotatable bonds is 0. The molecule has 0 aliphatic rings. The van der Waals surface area contributed by atoms with Crippen molar-refractivity contribution in [3.05, 3.63) is 0 Å². The van der Waals surface area contributed by atoms with Crippen LogP contribution in [0.25, 0.3) is 0 Å². The van der Waals surface area contributed by atoms with Crippen LogP contribution in [0.15, 0.2) is 0 Å². The van der Waals surface area contributed by atoms with Gasteiger partial charge in [-0.3, -0.25) is 0 Å². The lowest BCUT2D eigenvalue weighted by molar-refractivity contribution is -0.849. The Hall–Kier alpha value is 0.0249. The number of quaternary nitrogens is 1. The van der Waals surface area contributed by atoms with Crippen molar-refractivity contribution in [1.29, 1.82) is 0 Å². The first kappa shape index (κ1) is 12.7. The molecule has 10 heavy (non-hydrogen) atoms. The summed E-state index contributed by atoms with van der Waals surface area (Å²) in [6.45, 7) is 9.00. The van der Waals surface area contributed by atoms with Crippen molar-refractivity contribution < 1.29 is 4.48 Å². The van der Waals surface area contributed by atoms with E-state index in [1.54, 1.807) is 0 Å². The van der Waals surface area contributed by atoms with Crippen LogP contribution in [0.5, 0.6) is 0 Å². The predicted molar refractivity (Wildman–Crippen MR) is 53.2 cm³/mol. The monoisotopic (exact) mass is 145 g/mol. The van der Waals surface area contributed by atoms with Crippen molar-refractivity contribution in [3.63, 3.8) is 0 Å². The molecule has 0 fully saturated rings. The fourth-order valence-electron chi connectivity index (χ4n) is 0. The molecule has 0 N–H and O–H groups in total. The first-order valence-corrected chi connectivity index (χ1v) is 4.10. The lowest BCUT2D eigenvalue weighted by Crippen LogP contribution is -2.27. The van der Waals surface area contributed by atoms with E-state index in [1.165, 1.54) is 0 Å². The van der Waals surface area contributed by atoms with E-state index in [9.17, 15) is 0 Å². The van der Waals surface area contributed by atoms with Gasteiger partial charge in [0, 0.05) is 0 Å². The van der Waals surface area contributed by atoms with Crippen molar-refractivity contribution in [2.24, 2.45) is 0 Å². The highest BCUT2D eigenvalue weighted by atomic mass is 15.2. The minimum absolute atomic E-state index is 0. The van der Waals surface area contributed by atoms with E-state index in [0.717, 1.165) is 4.48 Å². The molecule has 64 valence electrons. The van der Waals surface area contributed by atoms with Crippen LogP contribution in [-0.2, 0) is 0 Å². The van der Waals surface area contributed by atoms with E-state index in [1.807, 2.05) is 0 Å². The van der Waals surface area contributed by atoms with Crippen molar-refractivity contribution in [1.82, 2.24) is 0 Å². The van der Waals surface area contributed by atoms with Crippen molar-refractivity contribution in [2.75, 3.05) is 28.2 Å². The molecule has 0 heterocycles. The molecule has 0 bridgehead atoms. The van der Waals surface area contributed by atoms with Gasteiger partial charge in [0.25, 0.3) is 0 Å².